The molecule has 2 unspecified atom stereocenters. The molecule has 0 radical (unpaired) electrons. The first-order valence-electron chi connectivity index (χ1n) is 6.24. The third kappa shape index (κ3) is 2.81. The van der Waals surface area contributed by atoms with Crippen LogP contribution in [0.2, 0.25) is 0 Å². The Bertz CT molecular complexity index is 430. The average Bonchev–Trinajstić information content (AvgIpc) is 2.92. The van der Waals surface area contributed by atoms with Crippen LogP contribution in [-0.2, 0) is 23.0 Å². The van der Waals surface area contributed by atoms with Gasteiger partial charge in [-0.1, -0.05) is 6.92 Å². The molecule has 0 aliphatic carbocycles. The molecule has 1 saturated heterocycles. The number of carbonyl (C=O) groups is 1. The highest BCUT2D eigenvalue weighted by atomic mass is 16.5. The van der Waals surface area contributed by atoms with Crippen LogP contribution in [0, 0.1) is 0 Å². The summed E-state index contributed by atoms with van der Waals surface area (Å²) in [5.74, 6) is -0.867. The van der Waals surface area contributed by atoms with E-state index >= 15 is 0 Å². The lowest BCUT2D eigenvalue weighted by Crippen LogP contribution is -2.24. The van der Waals surface area contributed by atoms with Crippen LogP contribution in [-0.4, -0.2) is 39.6 Å². The van der Waals surface area contributed by atoms with Crippen LogP contribution in [0.3, 0.4) is 0 Å². The quantitative estimate of drug-likeness (QED) is 0.819. The number of nitrogens with one attached hydrogen (secondary N) is 1. The SMILES string of the molecule is CCc1nn(C)cc1NCC1CCC(C(=O)O)O1. The number of ether oxygens (including phenoxy) is 1. The number of carboxylic acid groups (broad SMARTS) is 1. The first-order chi connectivity index (χ1) is 8.60. The molecule has 2 atom stereocenters. The van der Waals surface area contributed by atoms with E-state index in [1.807, 2.05) is 13.2 Å². The fourth-order valence-electron chi connectivity index (χ4n) is 2.20. The van der Waals surface area contributed by atoms with Crippen molar-refractivity contribution in [3.63, 3.8) is 0 Å². The van der Waals surface area contributed by atoms with Gasteiger partial charge in [0.05, 0.1) is 17.5 Å². The molecular formula is C12H19N3O3. The minimum Gasteiger partial charge on any atom is -0.479 e. The Morgan fingerprint density at radius 3 is 3.06 bits per heavy atom. The van der Waals surface area contributed by atoms with Crippen LogP contribution < -0.4 is 5.32 Å². The van der Waals surface area contributed by atoms with Crippen molar-refractivity contribution in [1.29, 1.82) is 0 Å². The molecule has 2 heterocycles. The molecule has 1 fully saturated rings. The van der Waals surface area contributed by atoms with E-state index in [4.69, 9.17) is 9.84 Å². The van der Waals surface area contributed by atoms with Gasteiger partial charge in [0, 0.05) is 19.8 Å². The van der Waals surface area contributed by atoms with Crippen LogP contribution in [0.4, 0.5) is 5.69 Å². The Labute approximate surface area is 106 Å². The largest absolute Gasteiger partial charge is 0.479 e. The molecule has 100 valence electrons. The standard InChI is InChI=1S/C12H19N3O3/c1-3-9-10(7-15(2)14-9)13-6-8-4-5-11(18-8)12(16)17/h7-8,11,13H,3-6H2,1-2H3,(H,16,17). The maximum Gasteiger partial charge on any atom is 0.332 e. The van der Waals surface area contributed by atoms with Gasteiger partial charge in [-0.25, -0.2) is 4.79 Å². The summed E-state index contributed by atoms with van der Waals surface area (Å²) in [6, 6.07) is 0. The topological polar surface area (TPSA) is 76.4 Å². The zero-order chi connectivity index (χ0) is 13.1. The number of rotatable bonds is 5. The molecule has 0 saturated carbocycles. The predicted octanol–water partition coefficient (Wildman–Crippen LogP) is 1.03. The maximum atomic E-state index is 10.8. The smallest absolute Gasteiger partial charge is 0.332 e. The van der Waals surface area contributed by atoms with E-state index in [1.54, 1.807) is 4.68 Å². The van der Waals surface area contributed by atoms with E-state index in [2.05, 4.69) is 17.3 Å². The van der Waals surface area contributed by atoms with Gasteiger partial charge in [-0.2, -0.15) is 5.10 Å². The molecule has 0 amide bonds. The monoisotopic (exact) mass is 253 g/mol. The molecule has 2 rings (SSSR count). The molecule has 0 bridgehead atoms. The number of hydrogen-bond donors (Lipinski definition) is 2. The number of aryl methyl sites for hydroxylation is 2. The lowest BCUT2D eigenvalue weighted by molar-refractivity contribution is -0.149. The summed E-state index contributed by atoms with van der Waals surface area (Å²) < 4.78 is 7.21. The van der Waals surface area contributed by atoms with Crippen molar-refractivity contribution >= 4 is 11.7 Å². The Kier molecular flexibility index (Phi) is 3.86. The van der Waals surface area contributed by atoms with Crippen molar-refractivity contribution in [3.8, 4) is 0 Å². The summed E-state index contributed by atoms with van der Waals surface area (Å²) in [5, 5.41) is 16.5. The highest BCUT2D eigenvalue weighted by Gasteiger charge is 2.30. The Hall–Kier alpha value is -1.56. The fourth-order valence-corrected chi connectivity index (χ4v) is 2.20. The number of anilines is 1. The highest BCUT2D eigenvalue weighted by molar-refractivity contribution is 5.72. The second-order valence-electron chi connectivity index (χ2n) is 4.56. The van der Waals surface area contributed by atoms with Crippen LogP contribution in [0.1, 0.15) is 25.5 Å². The highest BCUT2D eigenvalue weighted by Crippen LogP contribution is 2.21. The first kappa shape index (κ1) is 12.9. The predicted molar refractivity (Wildman–Crippen MR) is 66.6 cm³/mol. The van der Waals surface area contributed by atoms with Gasteiger partial charge in [0.25, 0.3) is 0 Å². The lowest BCUT2D eigenvalue weighted by atomic mass is 10.2. The number of hydrogen-bond acceptors (Lipinski definition) is 4. The molecule has 1 aromatic heterocycles. The van der Waals surface area contributed by atoms with Gasteiger partial charge in [0.1, 0.15) is 0 Å². The number of nitrogens with zero attached hydrogens (tertiary/aromatic N) is 2. The van der Waals surface area contributed by atoms with Gasteiger partial charge in [-0.05, 0) is 19.3 Å². The van der Waals surface area contributed by atoms with Gasteiger partial charge in [-0.15, -0.1) is 0 Å². The third-order valence-electron chi connectivity index (χ3n) is 3.14. The first-order valence-corrected chi connectivity index (χ1v) is 6.24. The molecule has 0 spiro atoms. The number of aromatic nitrogens is 2. The van der Waals surface area contributed by atoms with Crippen molar-refractivity contribution in [3.05, 3.63) is 11.9 Å². The fraction of sp³-hybridized carbons (Fsp3) is 0.667. The van der Waals surface area contributed by atoms with Crippen LogP contribution in [0.15, 0.2) is 6.20 Å². The Morgan fingerprint density at radius 2 is 2.44 bits per heavy atom. The second kappa shape index (κ2) is 5.39. The summed E-state index contributed by atoms with van der Waals surface area (Å²) in [5.41, 5.74) is 2.02. The summed E-state index contributed by atoms with van der Waals surface area (Å²) in [6.07, 6.45) is 3.50. The third-order valence-corrected chi connectivity index (χ3v) is 3.14. The van der Waals surface area contributed by atoms with E-state index in [0.29, 0.717) is 13.0 Å². The summed E-state index contributed by atoms with van der Waals surface area (Å²) in [6.45, 7) is 2.68. The molecule has 0 aromatic carbocycles. The minimum atomic E-state index is -0.867. The van der Waals surface area contributed by atoms with Crippen LogP contribution in [0.25, 0.3) is 0 Å². The van der Waals surface area contributed by atoms with Gasteiger partial charge < -0.3 is 15.2 Å². The molecule has 1 aliphatic rings. The lowest BCUT2D eigenvalue weighted by Gasteiger charge is -2.12. The maximum absolute atomic E-state index is 10.8. The number of carboxylic acids is 1. The minimum absolute atomic E-state index is 0.0315. The summed E-state index contributed by atoms with van der Waals surface area (Å²) in [7, 11) is 1.89. The molecule has 1 aliphatic heterocycles. The van der Waals surface area contributed by atoms with Gasteiger partial charge in [0.2, 0.25) is 0 Å². The zero-order valence-corrected chi connectivity index (χ0v) is 10.7. The number of aliphatic carboxylic acids is 1. The van der Waals surface area contributed by atoms with Gasteiger partial charge >= 0.3 is 5.97 Å². The molecule has 6 heteroatoms. The van der Waals surface area contributed by atoms with E-state index in [0.717, 1.165) is 24.2 Å². The average molecular weight is 253 g/mol. The van der Waals surface area contributed by atoms with Crippen molar-refractivity contribution in [2.45, 2.75) is 38.4 Å². The zero-order valence-electron chi connectivity index (χ0n) is 10.7. The van der Waals surface area contributed by atoms with Gasteiger partial charge in [-0.3, -0.25) is 4.68 Å². The van der Waals surface area contributed by atoms with Crippen LogP contribution in [0.5, 0.6) is 0 Å². The summed E-state index contributed by atoms with van der Waals surface area (Å²) >= 11 is 0. The van der Waals surface area contributed by atoms with E-state index in [1.165, 1.54) is 0 Å². The van der Waals surface area contributed by atoms with Crippen molar-refractivity contribution in [2.24, 2.45) is 7.05 Å². The summed E-state index contributed by atoms with van der Waals surface area (Å²) in [4.78, 5) is 10.8. The molecule has 6 nitrogen and oxygen atoms in total. The second-order valence-corrected chi connectivity index (χ2v) is 4.56. The molecular weight excluding hydrogens is 234 g/mol. The van der Waals surface area contributed by atoms with E-state index in [9.17, 15) is 4.79 Å². The van der Waals surface area contributed by atoms with Crippen molar-refractivity contribution in [2.75, 3.05) is 11.9 Å². The molecule has 2 N–H and O–H groups in total. The Balaban J connectivity index is 1.87. The van der Waals surface area contributed by atoms with E-state index < -0.39 is 12.1 Å². The van der Waals surface area contributed by atoms with Crippen molar-refractivity contribution < 1.29 is 14.6 Å². The molecule has 18 heavy (non-hydrogen) atoms. The van der Waals surface area contributed by atoms with E-state index in [-0.39, 0.29) is 6.10 Å². The van der Waals surface area contributed by atoms with Gasteiger partial charge in [0.15, 0.2) is 6.10 Å². The molecule has 1 aromatic rings. The normalized spacial score (nSPS) is 23.2. The Morgan fingerprint density at radius 1 is 1.67 bits per heavy atom. The van der Waals surface area contributed by atoms with Crippen LogP contribution >= 0.6 is 0 Å². The van der Waals surface area contributed by atoms with Crippen molar-refractivity contribution in [1.82, 2.24) is 9.78 Å².